The smallest absolute Gasteiger partial charge is 0.222 e. The van der Waals surface area contributed by atoms with Crippen molar-refractivity contribution in [3.63, 3.8) is 0 Å². The Morgan fingerprint density at radius 1 is 1.17 bits per heavy atom. The fourth-order valence-electron chi connectivity index (χ4n) is 1.51. The molecule has 0 aliphatic rings. The molecule has 94 valence electrons. The minimum Gasteiger partial charge on any atom is -0.439 e. The SMILES string of the molecule is NCCc1cccnc1Oc1ccc(F)c(F)c1. The van der Waals surface area contributed by atoms with Crippen LogP contribution in [0.2, 0.25) is 0 Å². The van der Waals surface area contributed by atoms with Crippen LogP contribution in [0, 0.1) is 11.6 Å². The molecular weight excluding hydrogens is 238 g/mol. The Morgan fingerprint density at radius 2 is 2.00 bits per heavy atom. The summed E-state index contributed by atoms with van der Waals surface area (Å²) in [5, 5.41) is 0. The summed E-state index contributed by atoms with van der Waals surface area (Å²) in [6, 6.07) is 6.93. The predicted octanol–water partition coefficient (Wildman–Crippen LogP) is 2.65. The van der Waals surface area contributed by atoms with Crippen molar-refractivity contribution in [1.82, 2.24) is 4.98 Å². The lowest BCUT2D eigenvalue weighted by molar-refractivity contribution is 0.442. The molecule has 3 nitrogen and oxygen atoms in total. The monoisotopic (exact) mass is 250 g/mol. The van der Waals surface area contributed by atoms with Gasteiger partial charge in [0, 0.05) is 17.8 Å². The maximum atomic E-state index is 13.0. The summed E-state index contributed by atoms with van der Waals surface area (Å²) in [4.78, 5) is 4.05. The van der Waals surface area contributed by atoms with Gasteiger partial charge in [0.2, 0.25) is 5.88 Å². The first-order chi connectivity index (χ1) is 8.70. The summed E-state index contributed by atoms with van der Waals surface area (Å²) in [6.45, 7) is 0.458. The molecule has 0 saturated heterocycles. The topological polar surface area (TPSA) is 48.1 Å². The van der Waals surface area contributed by atoms with Crippen LogP contribution in [0.4, 0.5) is 8.78 Å². The normalized spacial score (nSPS) is 10.4. The molecule has 2 aromatic rings. The molecule has 1 heterocycles. The van der Waals surface area contributed by atoms with E-state index in [0.29, 0.717) is 18.8 Å². The highest BCUT2D eigenvalue weighted by Crippen LogP contribution is 2.24. The fraction of sp³-hybridized carbons (Fsp3) is 0.154. The highest BCUT2D eigenvalue weighted by Gasteiger charge is 2.08. The predicted molar refractivity (Wildman–Crippen MR) is 63.4 cm³/mol. The lowest BCUT2D eigenvalue weighted by Gasteiger charge is -2.09. The van der Waals surface area contributed by atoms with Crippen LogP contribution in [0.5, 0.6) is 11.6 Å². The number of nitrogens with two attached hydrogens (primary N) is 1. The lowest BCUT2D eigenvalue weighted by Crippen LogP contribution is -2.04. The van der Waals surface area contributed by atoms with Gasteiger partial charge >= 0.3 is 0 Å². The molecule has 2 rings (SSSR count). The zero-order valence-electron chi connectivity index (χ0n) is 9.57. The van der Waals surface area contributed by atoms with E-state index in [1.54, 1.807) is 12.3 Å². The standard InChI is InChI=1S/C13H12F2N2O/c14-11-4-3-10(8-12(11)15)18-13-9(5-6-16)2-1-7-17-13/h1-4,7-8H,5-6,16H2. The Kier molecular flexibility index (Phi) is 3.84. The number of aromatic nitrogens is 1. The van der Waals surface area contributed by atoms with E-state index in [1.165, 1.54) is 6.07 Å². The zero-order chi connectivity index (χ0) is 13.0. The minimum atomic E-state index is -0.955. The van der Waals surface area contributed by atoms with Gasteiger partial charge < -0.3 is 10.5 Å². The van der Waals surface area contributed by atoms with Gasteiger partial charge in [-0.3, -0.25) is 0 Å². The van der Waals surface area contributed by atoms with E-state index >= 15 is 0 Å². The van der Waals surface area contributed by atoms with Crippen molar-refractivity contribution in [3.05, 3.63) is 53.7 Å². The number of hydrogen-bond acceptors (Lipinski definition) is 3. The Bertz CT molecular complexity index is 546. The van der Waals surface area contributed by atoms with Gasteiger partial charge in [0.05, 0.1) is 0 Å². The van der Waals surface area contributed by atoms with Crippen LogP contribution < -0.4 is 10.5 Å². The first-order valence-corrected chi connectivity index (χ1v) is 5.47. The molecular formula is C13H12F2N2O. The van der Waals surface area contributed by atoms with E-state index in [1.807, 2.05) is 6.07 Å². The van der Waals surface area contributed by atoms with Gasteiger partial charge in [0.1, 0.15) is 5.75 Å². The molecule has 0 aliphatic heterocycles. The van der Waals surface area contributed by atoms with Crippen molar-refractivity contribution >= 4 is 0 Å². The van der Waals surface area contributed by atoms with Gasteiger partial charge in [-0.15, -0.1) is 0 Å². The molecule has 0 unspecified atom stereocenters. The van der Waals surface area contributed by atoms with Crippen LogP contribution in [0.1, 0.15) is 5.56 Å². The van der Waals surface area contributed by atoms with Gasteiger partial charge in [-0.2, -0.15) is 0 Å². The second-order valence-electron chi connectivity index (χ2n) is 3.68. The van der Waals surface area contributed by atoms with E-state index in [-0.39, 0.29) is 5.75 Å². The van der Waals surface area contributed by atoms with Crippen LogP contribution in [0.25, 0.3) is 0 Å². The fourth-order valence-corrected chi connectivity index (χ4v) is 1.51. The van der Waals surface area contributed by atoms with Crippen LogP contribution in [0.3, 0.4) is 0 Å². The molecule has 2 N–H and O–H groups in total. The molecule has 0 saturated carbocycles. The van der Waals surface area contributed by atoms with E-state index in [0.717, 1.165) is 17.7 Å². The lowest BCUT2D eigenvalue weighted by atomic mass is 10.2. The van der Waals surface area contributed by atoms with E-state index < -0.39 is 11.6 Å². The molecule has 0 bridgehead atoms. The summed E-state index contributed by atoms with van der Waals surface area (Å²) in [6.07, 6.45) is 2.17. The number of pyridine rings is 1. The Balaban J connectivity index is 2.25. The van der Waals surface area contributed by atoms with Gasteiger partial charge in [-0.25, -0.2) is 13.8 Å². The van der Waals surface area contributed by atoms with Crippen molar-refractivity contribution in [1.29, 1.82) is 0 Å². The van der Waals surface area contributed by atoms with Crippen LogP contribution in [-0.2, 0) is 6.42 Å². The van der Waals surface area contributed by atoms with E-state index in [2.05, 4.69) is 4.98 Å². The minimum absolute atomic E-state index is 0.200. The number of halogens is 2. The maximum absolute atomic E-state index is 13.0. The van der Waals surface area contributed by atoms with E-state index in [9.17, 15) is 8.78 Å². The van der Waals surface area contributed by atoms with Gasteiger partial charge in [-0.1, -0.05) is 6.07 Å². The zero-order valence-corrected chi connectivity index (χ0v) is 9.57. The highest BCUT2D eigenvalue weighted by atomic mass is 19.2. The number of rotatable bonds is 4. The van der Waals surface area contributed by atoms with Crippen molar-refractivity contribution in [2.45, 2.75) is 6.42 Å². The molecule has 0 fully saturated rings. The second-order valence-corrected chi connectivity index (χ2v) is 3.68. The first kappa shape index (κ1) is 12.4. The van der Waals surface area contributed by atoms with Crippen LogP contribution >= 0.6 is 0 Å². The summed E-state index contributed by atoms with van der Waals surface area (Å²) >= 11 is 0. The molecule has 0 radical (unpaired) electrons. The van der Waals surface area contributed by atoms with Crippen molar-refractivity contribution in [2.24, 2.45) is 5.73 Å². The molecule has 0 atom stereocenters. The molecule has 1 aromatic carbocycles. The maximum Gasteiger partial charge on any atom is 0.222 e. The number of ether oxygens (including phenoxy) is 1. The number of nitrogens with zero attached hydrogens (tertiary/aromatic N) is 1. The first-order valence-electron chi connectivity index (χ1n) is 5.47. The van der Waals surface area contributed by atoms with Crippen LogP contribution in [0.15, 0.2) is 36.5 Å². The second kappa shape index (κ2) is 5.55. The quantitative estimate of drug-likeness (QED) is 0.907. The largest absolute Gasteiger partial charge is 0.439 e. The highest BCUT2D eigenvalue weighted by molar-refractivity contribution is 5.32. The third-order valence-electron chi connectivity index (χ3n) is 2.37. The summed E-state index contributed by atoms with van der Waals surface area (Å²) < 4.78 is 31.2. The number of hydrogen-bond donors (Lipinski definition) is 1. The average Bonchev–Trinajstić information content (AvgIpc) is 2.37. The average molecular weight is 250 g/mol. The van der Waals surface area contributed by atoms with Crippen molar-refractivity contribution in [2.75, 3.05) is 6.54 Å². The van der Waals surface area contributed by atoms with Gasteiger partial charge in [0.25, 0.3) is 0 Å². The molecule has 0 amide bonds. The summed E-state index contributed by atoms with van der Waals surface area (Å²) in [5.41, 5.74) is 6.30. The third kappa shape index (κ3) is 2.81. The van der Waals surface area contributed by atoms with Gasteiger partial charge in [-0.05, 0) is 31.2 Å². The molecule has 18 heavy (non-hydrogen) atoms. The van der Waals surface area contributed by atoms with Crippen LogP contribution in [-0.4, -0.2) is 11.5 Å². The van der Waals surface area contributed by atoms with Crippen molar-refractivity contribution in [3.8, 4) is 11.6 Å². The van der Waals surface area contributed by atoms with E-state index in [4.69, 9.17) is 10.5 Å². The molecule has 5 heteroatoms. The molecule has 1 aromatic heterocycles. The Morgan fingerprint density at radius 3 is 2.72 bits per heavy atom. The Hall–Kier alpha value is -2.01. The Labute approximate surface area is 103 Å². The molecule has 0 spiro atoms. The third-order valence-corrected chi connectivity index (χ3v) is 2.37. The number of benzene rings is 1. The summed E-state index contributed by atoms with van der Waals surface area (Å²) in [7, 11) is 0. The van der Waals surface area contributed by atoms with Gasteiger partial charge in [0.15, 0.2) is 11.6 Å². The van der Waals surface area contributed by atoms with Crippen molar-refractivity contribution < 1.29 is 13.5 Å². The summed E-state index contributed by atoms with van der Waals surface area (Å²) in [5.74, 6) is -1.31. The molecule has 0 aliphatic carbocycles.